The van der Waals surface area contributed by atoms with Crippen LogP contribution in [-0.2, 0) is 26.1 Å². The molecule has 0 saturated heterocycles. The molecule has 19 heavy (non-hydrogen) atoms. The molecule has 4 heteroatoms. The molecule has 2 aromatic rings. The van der Waals surface area contributed by atoms with Gasteiger partial charge in [0.05, 0.1) is 5.69 Å². The van der Waals surface area contributed by atoms with E-state index in [2.05, 4.69) is 41.4 Å². The van der Waals surface area contributed by atoms with Crippen LogP contribution in [0.25, 0.3) is 0 Å². The lowest BCUT2D eigenvalue weighted by Crippen LogP contribution is -2.14. The maximum atomic E-state index is 4.82. The summed E-state index contributed by atoms with van der Waals surface area (Å²) in [6.07, 6.45) is 1.01. The smallest absolute Gasteiger partial charge is 0.186 e. The van der Waals surface area contributed by atoms with Crippen LogP contribution in [0.1, 0.15) is 28.6 Å². The molecule has 1 aliphatic rings. The molecule has 3 rings (SSSR count). The lowest BCUT2D eigenvalue weighted by Gasteiger charge is -2.12. The highest BCUT2D eigenvalue weighted by Gasteiger charge is 2.22. The van der Waals surface area contributed by atoms with Gasteiger partial charge in [0.25, 0.3) is 0 Å². The van der Waals surface area contributed by atoms with E-state index in [-0.39, 0.29) is 0 Å². The summed E-state index contributed by atoms with van der Waals surface area (Å²) < 4.78 is 0. The molecular weight excluding hydrogens is 254 g/mol. The van der Waals surface area contributed by atoms with Crippen LogP contribution in [0.3, 0.4) is 0 Å². The molecule has 1 aromatic carbocycles. The van der Waals surface area contributed by atoms with Crippen molar-refractivity contribution in [2.24, 2.45) is 0 Å². The predicted octanol–water partition coefficient (Wildman–Crippen LogP) is 2.95. The lowest BCUT2D eigenvalue weighted by atomic mass is 10.1. The van der Waals surface area contributed by atoms with Crippen molar-refractivity contribution < 1.29 is 0 Å². The summed E-state index contributed by atoms with van der Waals surface area (Å²) in [7, 11) is 1.99. The molecule has 0 spiro atoms. The molecule has 0 fully saturated rings. The Kier molecular flexibility index (Phi) is 3.53. The number of benzene rings is 1. The van der Waals surface area contributed by atoms with Crippen LogP contribution in [0.15, 0.2) is 24.3 Å². The van der Waals surface area contributed by atoms with Gasteiger partial charge in [0.15, 0.2) is 5.13 Å². The molecule has 0 unspecified atom stereocenters. The zero-order valence-electron chi connectivity index (χ0n) is 11.4. The summed E-state index contributed by atoms with van der Waals surface area (Å²) in [4.78, 5) is 8.57. The summed E-state index contributed by atoms with van der Waals surface area (Å²) >= 11 is 1.83. The number of fused-ring (bicyclic) bond motifs is 1. The first-order valence-electron chi connectivity index (χ1n) is 6.76. The highest BCUT2D eigenvalue weighted by molar-refractivity contribution is 7.15. The second-order valence-electron chi connectivity index (χ2n) is 4.87. The van der Waals surface area contributed by atoms with Crippen molar-refractivity contribution in [3.8, 4) is 0 Å². The first kappa shape index (κ1) is 12.6. The van der Waals surface area contributed by atoms with Crippen molar-refractivity contribution in [1.29, 1.82) is 0 Å². The number of thiazole rings is 1. The zero-order chi connectivity index (χ0) is 13.2. The van der Waals surface area contributed by atoms with Crippen molar-refractivity contribution in [2.45, 2.75) is 33.0 Å². The number of nitrogens with zero attached hydrogens (tertiary/aromatic N) is 2. The number of hydrogen-bond acceptors (Lipinski definition) is 4. The number of anilines is 1. The molecule has 100 valence electrons. The van der Waals surface area contributed by atoms with Crippen LogP contribution in [-0.4, -0.2) is 12.0 Å². The molecule has 0 bridgehead atoms. The van der Waals surface area contributed by atoms with E-state index in [1.54, 1.807) is 0 Å². The summed E-state index contributed by atoms with van der Waals surface area (Å²) in [6, 6.07) is 8.68. The summed E-state index contributed by atoms with van der Waals surface area (Å²) in [5.41, 5.74) is 4.11. The summed E-state index contributed by atoms with van der Waals surface area (Å²) in [6.45, 7) is 5.08. The van der Waals surface area contributed by atoms with Gasteiger partial charge >= 0.3 is 0 Å². The average Bonchev–Trinajstić information content (AvgIpc) is 3.02. The topological polar surface area (TPSA) is 28.2 Å². The first-order chi connectivity index (χ1) is 9.31. The standard InChI is InChI=1S/C15H19N3S/c1-3-13-14(8-16-2)19-15(17-13)18-9-11-6-4-5-7-12(11)10-18/h4-7,16H,3,8-10H2,1-2H3. The van der Waals surface area contributed by atoms with Crippen molar-refractivity contribution >= 4 is 16.5 Å². The summed E-state index contributed by atoms with van der Waals surface area (Å²) in [5, 5.41) is 4.40. The molecular formula is C15H19N3S. The average molecular weight is 273 g/mol. The fourth-order valence-electron chi connectivity index (χ4n) is 2.55. The second kappa shape index (κ2) is 5.31. The highest BCUT2D eigenvalue weighted by Crippen LogP contribution is 2.33. The third-order valence-electron chi connectivity index (χ3n) is 3.55. The van der Waals surface area contributed by atoms with Crippen LogP contribution in [0.4, 0.5) is 5.13 Å². The van der Waals surface area contributed by atoms with E-state index in [4.69, 9.17) is 4.98 Å². The quantitative estimate of drug-likeness (QED) is 0.928. The van der Waals surface area contributed by atoms with Crippen LogP contribution in [0.5, 0.6) is 0 Å². The molecule has 0 saturated carbocycles. The normalized spacial score (nSPS) is 13.9. The fourth-order valence-corrected chi connectivity index (χ4v) is 3.71. The zero-order valence-corrected chi connectivity index (χ0v) is 12.3. The van der Waals surface area contributed by atoms with E-state index < -0.39 is 0 Å². The number of hydrogen-bond donors (Lipinski definition) is 1. The second-order valence-corrected chi connectivity index (χ2v) is 5.94. The van der Waals surface area contributed by atoms with Gasteiger partial charge in [-0.15, -0.1) is 11.3 Å². The monoisotopic (exact) mass is 273 g/mol. The Balaban J connectivity index is 1.85. The Morgan fingerprint density at radius 1 is 1.26 bits per heavy atom. The molecule has 0 aliphatic carbocycles. The summed E-state index contributed by atoms with van der Waals surface area (Å²) in [5.74, 6) is 0. The molecule has 1 N–H and O–H groups in total. The van der Waals surface area contributed by atoms with Gasteiger partial charge in [-0.2, -0.15) is 0 Å². The molecule has 1 aliphatic heterocycles. The SMILES string of the molecule is CCc1nc(N2Cc3ccccc3C2)sc1CNC. The number of aromatic nitrogens is 1. The third-order valence-corrected chi connectivity index (χ3v) is 4.71. The Labute approximate surface area is 118 Å². The van der Waals surface area contributed by atoms with E-state index in [0.29, 0.717) is 0 Å². The van der Waals surface area contributed by atoms with Gasteiger partial charge < -0.3 is 10.2 Å². The van der Waals surface area contributed by atoms with E-state index >= 15 is 0 Å². The van der Waals surface area contributed by atoms with Gasteiger partial charge in [0.2, 0.25) is 0 Å². The Hall–Kier alpha value is -1.39. The minimum absolute atomic E-state index is 0.918. The molecule has 0 amide bonds. The number of rotatable bonds is 4. The molecule has 0 atom stereocenters. The molecule has 0 radical (unpaired) electrons. The van der Waals surface area contributed by atoms with E-state index in [1.807, 2.05) is 18.4 Å². The van der Waals surface area contributed by atoms with Gasteiger partial charge in [-0.3, -0.25) is 0 Å². The largest absolute Gasteiger partial charge is 0.339 e. The highest BCUT2D eigenvalue weighted by atomic mass is 32.1. The van der Waals surface area contributed by atoms with E-state index in [1.165, 1.54) is 26.8 Å². The van der Waals surface area contributed by atoms with Gasteiger partial charge in [0, 0.05) is 24.5 Å². The number of nitrogens with one attached hydrogen (secondary N) is 1. The molecule has 3 nitrogen and oxygen atoms in total. The van der Waals surface area contributed by atoms with Gasteiger partial charge in [0.1, 0.15) is 0 Å². The Morgan fingerprint density at radius 2 is 1.95 bits per heavy atom. The van der Waals surface area contributed by atoms with Crippen molar-refractivity contribution in [3.63, 3.8) is 0 Å². The first-order valence-corrected chi connectivity index (χ1v) is 7.58. The van der Waals surface area contributed by atoms with Crippen molar-refractivity contribution in [2.75, 3.05) is 11.9 Å². The van der Waals surface area contributed by atoms with Crippen LogP contribution >= 0.6 is 11.3 Å². The fraction of sp³-hybridized carbons (Fsp3) is 0.400. The van der Waals surface area contributed by atoms with Gasteiger partial charge in [-0.25, -0.2) is 4.98 Å². The van der Waals surface area contributed by atoms with E-state index in [0.717, 1.165) is 26.1 Å². The van der Waals surface area contributed by atoms with Crippen LogP contribution in [0, 0.1) is 0 Å². The minimum atomic E-state index is 0.918. The lowest BCUT2D eigenvalue weighted by molar-refractivity contribution is 0.812. The molecule has 1 aromatic heterocycles. The Morgan fingerprint density at radius 3 is 2.53 bits per heavy atom. The van der Waals surface area contributed by atoms with Crippen LogP contribution in [0.2, 0.25) is 0 Å². The van der Waals surface area contributed by atoms with Crippen LogP contribution < -0.4 is 10.2 Å². The third kappa shape index (κ3) is 2.38. The van der Waals surface area contributed by atoms with Gasteiger partial charge in [-0.05, 0) is 24.6 Å². The molecule has 2 heterocycles. The van der Waals surface area contributed by atoms with Crippen molar-refractivity contribution in [1.82, 2.24) is 10.3 Å². The van der Waals surface area contributed by atoms with Crippen molar-refractivity contribution in [3.05, 3.63) is 46.0 Å². The maximum absolute atomic E-state index is 4.82. The number of aryl methyl sites for hydroxylation is 1. The minimum Gasteiger partial charge on any atom is -0.339 e. The van der Waals surface area contributed by atoms with Gasteiger partial charge in [-0.1, -0.05) is 31.2 Å². The Bertz CT molecular complexity index is 552. The maximum Gasteiger partial charge on any atom is 0.186 e. The predicted molar refractivity (Wildman–Crippen MR) is 80.6 cm³/mol. The van der Waals surface area contributed by atoms with E-state index in [9.17, 15) is 0 Å².